The Morgan fingerprint density at radius 1 is 1.41 bits per heavy atom. The van der Waals surface area contributed by atoms with Crippen LogP contribution in [0.3, 0.4) is 0 Å². The van der Waals surface area contributed by atoms with Crippen LogP contribution in [0.1, 0.15) is 20.8 Å². The number of nitrogens with zero attached hydrogens (tertiary/aromatic N) is 3. The van der Waals surface area contributed by atoms with Gasteiger partial charge >= 0.3 is 6.03 Å². The Balaban J connectivity index is 1.72. The van der Waals surface area contributed by atoms with Crippen molar-refractivity contribution in [2.75, 3.05) is 32.8 Å². The third-order valence-corrected chi connectivity index (χ3v) is 3.95. The molecule has 0 aliphatic carbocycles. The van der Waals surface area contributed by atoms with Gasteiger partial charge in [0.05, 0.1) is 19.8 Å². The maximum Gasteiger partial charge on any atom is 0.315 e. The molecular formula is C15H27N5O2. The van der Waals surface area contributed by atoms with Gasteiger partial charge in [0, 0.05) is 43.6 Å². The second-order valence-electron chi connectivity index (χ2n) is 6.37. The Bertz CT molecular complexity index is 455. The lowest BCUT2D eigenvalue weighted by Crippen LogP contribution is -2.56. The van der Waals surface area contributed by atoms with E-state index in [1.165, 1.54) is 0 Å². The van der Waals surface area contributed by atoms with Crippen molar-refractivity contribution < 1.29 is 9.53 Å². The molecule has 7 nitrogen and oxygen atoms in total. The van der Waals surface area contributed by atoms with Crippen molar-refractivity contribution in [1.29, 1.82) is 0 Å². The monoisotopic (exact) mass is 309 g/mol. The van der Waals surface area contributed by atoms with Crippen molar-refractivity contribution in [2.24, 2.45) is 0 Å². The standard InChI is InChI=1S/C15H27N5O2/c1-13(11-20-6-4-5-17-20)18-14(21)16-12-15(2,3)19-7-9-22-10-8-19/h4-6,13H,7-12H2,1-3H3,(H2,16,18,21). The minimum absolute atomic E-state index is 0.0198. The Morgan fingerprint density at radius 3 is 2.77 bits per heavy atom. The quantitative estimate of drug-likeness (QED) is 0.811. The second kappa shape index (κ2) is 7.60. The molecule has 22 heavy (non-hydrogen) atoms. The van der Waals surface area contributed by atoms with E-state index in [-0.39, 0.29) is 17.6 Å². The zero-order valence-corrected chi connectivity index (χ0v) is 13.7. The number of aromatic nitrogens is 2. The van der Waals surface area contributed by atoms with E-state index in [1.54, 1.807) is 6.20 Å². The summed E-state index contributed by atoms with van der Waals surface area (Å²) in [6.45, 7) is 10.9. The largest absolute Gasteiger partial charge is 0.379 e. The van der Waals surface area contributed by atoms with Crippen LogP contribution < -0.4 is 10.6 Å². The van der Waals surface area contributed by atoms with Crippen molar-refractivity contribution in [3.8, 4) is 0 Å². The predicted octanol–water partition coefficient (Wildman–Crippen LogP) is 0.682. The normalized spacial score (nSPS) is 18.0. The Morgan fingerprint density at radius 2 is 2.14 bits per heavy atom. The maximum absolute atomic E-state index is 12.0. The number of ether oxygens (including phenoxy) is 1. The van der Waals surface area contributed by atoms with Crippen LogP contribution in [0.15, 0.2) is 18.5 Å². The van der Waals surface area contributed by atoms with Gasteiger partial charge in [0.1, 0.15) is 0 Å². The van der Waals surface area contributed by atoms with E-state index in [9.17, 15) is 4.79 Å². The zero-order chi connectivity index (χ0) is 16.0. The van der Waals surface area contributed by atoms with Crippen LogP contribution in [-0.4, -0.2) is 65.1 Å². The highest BCUT2D eigenvalue weighted by molar-refractivity contribution is 5.74. The van der Waals surface area contributed by atoms with Crippen LogP contribution in [0.4, 0.5) is 4.79 Å². The molecule has 1 aromatic heterocycles. The first-order valence-electron chi connectivity index (χ1n) is 7.82. The van der Waals surface area contributed by atoms with Gasteiger partial charge in [-0.15, -0.1) is 0 Å². The van der Waals surface area contributed by atoms with Crippen LogP contribution in [0, 0.1) is 0 Å². The van der Waals surface area contributed by atoms with E-state index in [2.05, 4.69) is 34.5 Å². The van der Waals surface area contributed by atoms with Gasteiger partial charge in [-0.1, -0.05) is 0 Å². The van der Waals surface area contributed by atoms with E-state index < -0.39 is 0 Å². The average Bonchev–Trinajstić information content (AvgIpc) is 2.99. The Kier molecular flexibility index (Phi) is 5.79. The number of hydrogen-bond donors (Lipinski definition) is 2. The van der Waals surface area contributed by atoms with E-state index in [0.29, 0.717) is 13.1 Å². The van der Waals surface area contributed by atoms with Crippen LogP contribution in [0.2, 0.25) is 0 Å². The molecule has 2 heterocycles. The number of carbonyl (C=O) groups is 1. The first-order valence-corrected chi connectivity index (χ1v) is 7.82. The van der Waals surface area contributed by atoms with Crippen LogP contribution in [0.5, 0.6) is 0 Å². The highest BCUT2D eigenvalue weighted by Gasteiger charge is 2.28. The Hall–Kier alpha value is -1.60. The smallest absolute Gasteiger partial charge is 0.315 e. The van der Waals surface area contributed by atoms with Gasteiger partial charge in [0.15, 0.2) is 0 Å². The van der Waals surface area contributed by atoms with E-state index in [0.717, 1.165) is 26.3 Å². The zero-order valence-electron chi connectivity index (χ0n) is 13.7. The van der Waals surface area contributed by atoms with E-state index in [1.807, 2.05) is 23.9 Å². The van der Waals surface area contributed by atoms with Crippen molar-refractivity contribution in [3.05, 3.63) is 18.5 Å². The maximum atomic E-state index is 12.0. The number of carbonyl (C=O) groups excluding carboxylic acids is 1. The van der Waals surface area contributed by atoms with Crippen LogP contribution in [-0.2, 0) is 11.3 Å². The predicted molar refractivity (Wildman–Crippen MR) is 84.7 cm³/mol. The fourth-order valence-corrected chi connectivity index (χ4v) is 2.59. The van der Waals surface area contributed by atoms with Crippen LogP contribution in [0.25, 0.3) is 0 Å². The summed E-state index contributed by atoms with van der Waals surface area (Å²) in [6.07, 6.45) is 3.62. The summed E-state index contributed by atoms with van der Waals surface area (Å²) in [7, 11) is 0. The summed E-state index contributed by atoms with van der Waals surface area (Å²) in [4.78, 5) is 14.4. The van der Waals surface area contributed by atoms with Gasteiger partial charge in [0.25, 0.3) is 0 Å². The molecule has 1 atom stereocenters. The second-order valence-corrected chi connectivity index (χ2v) is 6.37. The summed E-state index contributed by atoms with van der Waals surface area (Å²) in [5.41, 5.74) is -0.0770. The fourth-order valence-electron chi connectivity index (χ4n) is 2.59. The summed E-state index contributed by atoms with van der Waals surface area (Å²) in [6, 6.07) is 1.75. The molecule has 1 saturated heterocycles. The molecule has 1 unspecified atom stereocenters. The lowest BCUT2D eigenvalue weighted by molar-refractivity contribution is -0.00876. The first kappa shape index (κ1) is 16.8. The van der Waals surface area contributed by atoms with Gasteiger partial charge in [-0.25, -0.2) is 4.79 Å². The summed E-state index contributed by atoms with van der Waals surface area (Å²) < 4.78 is 7.18. The molecule has 1 fully saturated rings. The third-order valence-electron chi connectivity index (χ3n) is 3.95. The minimum atomic E-state index is -0.138. The molecule has 0 saturated carbocycles. The highest BCUT2D eigenvalue weighted by atomic mass is 16.5. The average molecular weight is 309 g/mol. The van der Waals surface area contributed by atoms with E-state index in [4.69, 9.17) is 4.74 Å². The first-order chi connectivity index (χ1) is 10.5. The summed E-state index contributed by atoms with van der Waals surface area (Å²) in [5.74, 6) is 0. The van der Waals surface area contributed by atoms with Crippen molar-refractivity contribution in [1.82, 2.24) is 25.3 Å². The molecule has 2 N–H and O–H groups in total. The minimum Gasteiger partial charge on any atom is -0.379 e. The van der Waals surface area contributed by atoms with Crippen LogP contribution >= 0.6 is 0 Å². The molecule has 0 radical (unpaired) electrons. The SMILES string of the molecule is CC(Cn1cccn1)NC(=O)NCC(C)(C)N1CCOCC1. The molecule has 124 valence electrons. The molecule has 7 heteroatoms. The number of rotatable bonds is 6. The van der Waals surface area contributed by atoms with E-state index >= 15 is 0 Å². The van der Waals surface area contributed by atoms with Gasteiger partial charge < -0.3 is 15.4 Å². The van der Waals surface area contributed by atoms with Crippen molar-refractivity contribution in [3.63, 3.8) is 0 Å². The van der Waals surface area contributed by atoms with Crippen molar-refractivity contribution >= 4 is 6.03 Å². The molecule has 1 aromatic rings. The molecular weight excluding hydrogens is 282 g/mol. The molecule has 0 spiro atoms. The summed E-state index contributed by atoms with van der Waals surface area (Å²) >= 11 is 0. The number of hydrogen-bond acceptors (Lipinski definition) is 4. The topological polar surface area (TPSA) is 71.4 Å². The van der Waals surface area contributed by atoms with Crippen molar-refractivity contribution in [2.45, 2.75) is 38.9 Å². The number of morpholine rings is 1. The Labute approximate surface area is 132 Å². The van der Waals surface area contributed by atoms with Gasteiger partial charge in [-0.05, 0) is 26.8 Å². The fraction of sp³-hybridized carbons (Fsp3) is 0.733. The van der Waals surface area contributed by atoms with Gasteiger partial charge in [0.2, 0.25) is 0 Å². The lowest BCUT2D eigenvalue weighted by Gasteiger charge is -2.40. The highest BCUT2D eigenvalue weighted by Crippen LogP contribution is 2.14. The molecule has 1 aliphatic heterocycles. The third kappa shape index (κ3) is 4.99. The molecule has 0 aromatic carbocycles. The number of amides is 2. The molecule has 0 bridgehead atoms. The number of nitrogens with one attached hydrogen (secondary N) is 2. The molecule has 1 aliphatic rings. The molecule has 2 rings (SSSR count). The number of urea groups is 1. The van der Waals surface area contributed by atoms with Gasteiger partial charge in [-0.3, -0.25) is 9.58 Å². The molecule has 2 amide bonds. The summed E-state index contributed by atoms with van der Waals surface area (Å²) in [5, 5.41) is 10.0. The van der Waals surface area contributed by atoms with Gasteiger partial charge in [-0.2, -0.15) is 5.10 Å². The lowest BCUT2D eigenvalue weighted by atomic mass is 10.0.